The molecule has 4 heteroatoms. The molecule has 0 aromatic carbocycles. The lowest BCUT2D eigenvalue weighted by Crippen LogP contribution is -1.96. The smallest absolute Gasteiger partial charge is 0.203 e. The summed E-state index contributed by atoms with van der Waals surface area (Å²) in [5, 5.41) is 9.62. The number of nitrogen functional groups attached to an aromatic ring is 1. The molecule has 2 N–H and O–H groups in total. The van der Waals surface area contributed by atoms with Crippen LogP contribution < -0.4 is 5.73 Å². The van der Waals surface area contributed by atoms with Crippen molar-refractivity contribution in [2.75, 3.05) is 5.73 Å². The predicted molar refractivity (Wildman–Crippen MR) is 56.9 cm³/mol. The second kappa shape index (κ2) is 5.17. The van der Waals surface area contributed by atoms with Crippen molar-refractivity contribution in [2.24, 2.45) is 0 Å². The fourth-order valence-electron chi connectivity index (χ4n) is 1.36. The van der Waals surface area contributed by atoms with E-state index in [0.29, 0.717) is 11.0 Å². The summed E-state index contributed by atoms with van der Waals surface area (Å²) in [6, 6.07) is 0. The molecule has 13 heavy (non-hydrogen) atoms. The van der Waals surface area contributed by atoms with Gasteiger partial charge in [-0.05, 0) is 12.8 Å². The first-order valence-corrected chi connectivity index (χ1v) is 5.68. The number of anilines is 1. The van der Waals surface area contributed by atoms with Crippen LogP contribution in [0.25, 0.3) is 0 Å². The Kier molecular flexibility index (Phi) is 4.15. The summed E-state index contributed by atoms with van der Waals surface area (Å²) < 4.78 is 0. The summed E-state index contributed by atoms with van der Waals surface area (Å²) in [6.07, 6.45) is 4.85. The number of rotatable bonds is 5. The van der Waals surface area contributed by atoms with E-state index in [2.05, 4.69) is 24.0 Å². The van der Waals surface area contributed by atoms with Crippen molar-refractivity contribution >= 4 is 16.5 Å². The summed E-state index contributed by atoms with van der Waals surface area (Å²) in [6.45, 7) is 4.40. The third-order valence-electron chi connectivity index (χ3n) is 2.20. The van der Waals surface area contributed by atoms with E-state index in [1.54, 1.807) is 0 Å². The van der Waals surface area contributed by atoms with Crippen LogP contribution in [0.2, 0.25) is 0 Å². The zero-order chi connectivity index (χ0) is 9.68. The molecule has 0 aliphatic heterocycles. The Morgan fingerprint density at radius 3 is 2.62 bits per heavy atom. The van der Waals surface area contributed by atoms with E-state index in [4.69, 9.17) is 5.73 Å². The summed E-state index contributed by atoms with van der Waals surface area (Å²) in [4.78, 5) is 0. The first-order chi connectivity index (χ1) is 6.27. The molecule has 0 saturated heterocycles. The maximum Gasteiger partial charge on any atom is 0.203 e. The lowest BCUT2D eigenvalue weighted by molar-refractivity contribution is 0.563. The first-order valence-electron chi connectivity index (χ1n) is 4.86. The monoisotopic (exact) mass is 199 g/mol. The second-order valence-electron chi connectivity index (χ2n) is 3.23. The van der Waals surface area contributed by atoms with Gasteiger partial charge in [-0.25, -0.2) is 0 Å². The van der Waals surface area contributed by atoms with E-state index in [0.717, 1.165) is 11.4 Å². The van der Waals surface area contributed by atoms with Crippen molar-refractivity contribution in [3.63, 3.8) is 0 Å². The Bertz CT molecular complexity index is 247. The highest BCUT2D eigenvalue weighted by atomic mass is 32.1. The van der Waals surface area contributed by atoms with Gasteiger partial charge in [0.05, 0.1) is 0 Å². The third-order valence-corrected chi connectivity index (χ3v) is 3.12. The van der Waals surface area contributed by atoms with Gasteiger partial charge in [0.25, 0.3) is 0 Å². The third kappa shape index (κ3) is 2.95. The van der Waals surface area contributed by atoms with Crippen LogP contribution >= 0.6 is 11.3 Å². The van der Waals surface area contributed by atoms with Crippen LogP contribution in [0.3, 0.4) is 0 Å². The van der Waals surface area contributed by atoms with E-state index < -0.39 is 0 Å². The zero-order valence-corrected chi connectivity index (χ0v) is 9.10. The van der Waals surface area contributed by atoms with Crippen LogP contribution in [-0.4, -0.2) is 10.2 Å². The SMILES string of the molecule is CCCCC(CC)c1nnc(N)s1. The number of nitrogens with zero attached hydrogens (tertiary/aromatic N) is 2. The maximum atomic E-state index is 5.54. The number of unbranched alkanes of at least 4 members (excludes halogenated alkanes) is 1. The Balaban J connectivity index is 2.56. The topological polar surface area (TPSA) is 51.8 Å². The molecule has 1 aromatic heterocycles. The number of nitrogens with two attached hydrogens (primary N) is 1. The average Bonchev–Trinajstić information content (AvgIpc) is 2.54. The van der Waals surface area contributed by atoms with E-state index in [1.807, 2.05) is 0 Å². The van der Waals surface area contributed by atoms with Crippen LogP contribution in [0.1, 0.15) is 50.5 Å². The Labute approximate surface area is 83.4 Å². The van der Waals surface area contributed by atoms with Crippen LogP contribution in [0, 0.1) is 0 Å². The molecule has 74 valence electrons. The molecule has 0 radical (unpaired) electrons. The van der Waals surface area contributed by atoms with Crippen molar-refractivity contribution in [1.29, 1.82) is 0 Å². The van der Waals surface area contributed by atoms with E-state index in [-0.39, 0.29) is 0 Å². The molecule has 1 heterocycles. The fraction of sp³-hybridized carbons (Fsp3) is 0.778. The molecule has 0 amide bonds. The average molecular weight is 199 g/mol. The highest BCUT2D eigenvalue weighted by Crippen LogP contribution is 2.28. The second-order valence-corrected chi connectivity index (χ2v) is 4.27. The van der Waals surface area contributed by atoms with Gasteiger partial charge in [-0.2, -0.15) is 0 Å². The van der Waals surface area contributed by atoms with Gasteiger partial charge in [-0.1, -0.05) is 38.0 Å². The van der Waals surface area contributed by atoms with Crippen molar-refractivity contribution < 1.29 is 0 Å². The van der Waals surface area contributed by atoms with E-state index >= 15 is 0 Å². The minimum Gasteiger partial charge on any atom is -0.374 e. The molecular weight excluding hydrogens is 182 g/mol. The van der Waals surface area contributed by atoms with E-state index in [1.165, 1.54) is 30.6 Å². The zero-order valence-electron chi connectivity index (χ0n) is 8.29. The molecule has 0 aliphatic rings. The molecule has 1 aromatic rings. The Morgan fingerprint density at radius 1 is 1.38 bits per heavy atom. The molecule has 0 fully saturated rings. The molecule has 1 rings (SSSR count). The lowest BCUT2D eigenvalue weighted by atomic mass is 10.0. The van der Waals surface area contributed by atoms with Gasteiger partial charge in [0.2, 0.25) is 5.13 Å². The van der Waals surface area contributed by atoms with Crippen molar-refractivity contribution in [2.45, 2.75) is 45.4 Å². The normalized spacial score (nSPS) is 13.1. The maximum absolute atomic E-state index is 5.54. The summed E-state index contributed by atoms with van der Waals surface area (Å²) in [5.74, 6) is 0.565. The van der Waals surface area contributed by atoms with Crippen molar-refractivity contribution in [3.05, 3.63) is 5.01 Å². The minimum atomic E-state index is 0.565. The quantitative estimate of drug-likeness (QED) is 0.793. The molecule has 1 unspecified atom stereocenters. The number of hydrogen-bond acceptors (Lipinski definition) is 4. The number of hydrogen-bond donors (Lipinski definition) is 1. The molecule has 0 aliphatic carbocycles. The van der Waals surface area contributed by atoms with Gasteiger partial charge in [0.15, 0.2) is 0 Å². The lowest BCUT2D eigenvalue weighted by Gasteiger charge is -2.09. The van der Waals surface area contributed by atoms with Gasteiger partial charge in [-0.3, -0.25) is 0 Å². The molecular formula is C9H17N3S. The fourth-order valence-corrected chi connectivity index (χ4v) is 2.19. The van der Waals surface area contributed by atoms with Crippen molar-refractivity contribution in [1.82, 2.24) is 10.2 Å². The largest absolute Gasteiger partial charge is 0.374 e. The Morgan fingerprint density at radius 2 is 2.15 bits per heavy atom. The van der Waals surface area contributed by atoms with Gasteiger partial charge < -0.3 is 5.73 Å². The van der Waals surface area contributed by atoms with Gasteiger partial charge in [-0.15, -0.1) is 10.2 Å². The standard InChI is InChI=1S/C9H17N3S/c1-3-5-6-7(4-2)8-11-12-9(10)13-8/h7H,3-6H2,1-2H3,(H2,10,12). The van der Waals surface area contributed by atoms with Crippen molar-refractivity contribution in [3.8, 4) is 0 Å². The van der Waals surface area contributed by atoms with Gasteiger partial charge >= 0.3 is 0 Å². The van der Waals surface area contributed by atoms with Crippen LogP contribution in [-0.2, 0) is 0 Å². The summed E-state index contributed by atoms with van der Waals surface area (Å²) >= 11 is 1.53. The van der Waals surface area contributed by atoms with E-state index in [9.17, 15) is 0 Å². The first kappa shape index (κ1) is 10.4. The Hall–Kier alpha value is -0.640. The predicted octanol–water partition coefficient (Wildman–Crippen LogP) is 2.80. The molecule has 0 spiro atoms. The summed E-state index contributed by atoms with van der Waals surface area (Å²) in [5.41, 5.74) is 5.54. The molecule has 0 bridgehead atoms. The highest BCUT2D eigenvalue weighted by molar-refractivity contribution is 7.15. The summed E-state index contributed by atoms with van der Waals surface area (Å²) in [7, 11) is 0. The van der Waals surface area contributed by atoms with Gasteiger partial charge in [0.1, 0.15) is 5.01 Å². The van der Waals surface area contributed by atoms with Crippen LogP contribution in [0.5, 0.6) is 0 Å². The number of aromatic nitrogens is 2. The molecule has 0 saturated carbocycles. The van der Waals surface area contributed by atoms with Crippen LogP contribution in [0.15, 0.2) is 0 Å². The van der Waals surface area contributed by atoms with Crippen LogP contribution in [0.4, 0.5) is 5.13 Å². The highest BCUT2D eigenvalue weighted by Gasteiger charge is 2.13. The van der Waals surface area contributed by atoms with Gasteiger partial charge in [0, 0.05) is 5.92 Å². The molecule has 1 atom stereocenters. The minimum absolute atomic E-state index is 0.565. The molecule has 3 nitrogen and oxygen atoms in total.